The van der Waals surface area contributed by atoms with E-state index >= 15 is 0 Å². The molecule has 0 aromatic heterocycles. The summed E-state index contributed by atoms with van der Waals surface area (Å²) in [5, 5.41) is 2.20. The summed E-state index contributed by atoms with van der Waals surface area (Å²) >= 11 is 0. The molecule has 2 aromatic carbocycles. The molecule has 3 rings (SSSR count). The summed E-state index contributed by atoms with van der Waals surface area (Å²) in [6.45, 7) is 3.38. The van der Waals surface area contributed by atoms with Crippen molar-refractivity contribution in [1.82, 2.24) is 0 Å². The van der Waals surface area contributed by atoms with Crippen LogP contribution in [0.4, 0.5) is 0 Å². The van der Waals surface area contributed by atoms with E-state index in [0.717, 1.165) is 41.3 Å². The topological polar surface area (TPSA) is 26.3 Å². The molecule has 1 unspecified atom stereocenters. The van der Waals surface area contributed by atoms with Gasteiger partial charge in [0.15, 0.2) is 5.78 Å². The van der Waals surface area contributed by atoms with E-state index in [2.05, 4.69) is 12.1 Å². The van der Waals surface area contributed by atoms with Crippen molar-refractivity contribution >= 4 is 16.6 Å². The molecule has 2 aromatic rings. The monoisotopic (exact) mass is 254 g/mol. The van der Waals surface area contributed by atoms with Crippen molar-refractivity contribution < 1.29 is 9.53 Å². The summed E-state index contributed by atoms with van der Waals surface area (Å²) in [6.07, 6.45) is 1.93. The summed E-state index contributed by atoms with van der Waals surface area (Å²) in [5.74, 6) is 0.271. The summed E-state index contributed by atoms with van der Waals surface area (Å²) < 4.78 is 5.46. The number of Topliss-reactive ketones (excluding diaryl/α,β-unsaturated/α-hetero) is 1. The van der Waals surface area contributed by atoms with Crippen molar-refractivity contribution in [3.63, 3.8) is 0 Å². The van der Waals surface area contributed by atoms with Crippen LogP contribution in [0.15, 0.2) is 36.4 Å². The van der Waals surface area contributed by atoms with Crippen molar-refractivity contribution in [2.75, 3.05) is 13.2 Å². The Hall–Kier alpha value is -1.67. The van der Waals surface area contributed by atoms with E-state index in [1.165, 1.54) is 0 Å². The Labute approximate surface area is 113 Å². The minimum Gasteiger partial charge on any atom is -0.381 e. The zero-order chi connectivity index (χ0) is 13.2. The van der Waals surface area contributed by atoms with Gasteiger partial charge >= 0.3 is 0 Å². The Balaban J connectivity index is 2.08. The van der Waals surface area contributed by atoms with Crippen molar-refractivity contribution in [2.24, 2.45) is 5.92 Å². The fraction of sp³-hybridized carbons (Fsp3) is 0.353. The molecule has 0 bridgehead atoms. The van der Waals surface area contributed by atoms with E-state index in [4.69, 9.17) is 4.74 Å². The van der Waals surface area contributed by atoms with Gasteiger partial charge in [0.2, 0.25) is 0 Å². The molecular formula is C17H18O2. The number of ether oxygens (including phenoxy) is 1. The van der Waals surface area contributed by atoms with Gasteiger partial charge in [-0.05, 0) is 36.1 Å². The van der Waals surface area contributed by atoms with Crippen LogP contribution in [0, 0.1) is 12.8 Å². The summed E-state index contributed by atoms with van der Waals surface area (Å²) in [6, 6.07) is 12.2. The molecule has 1 aliphatic rings. The molecule has 0 aliphatic carbocycles. The van der Waals surface area contributed by atoms with E-state index in [1.54, 1.807) is 0 Å². The molecule has 1 saturated heterocycles. The van der Waals surface area contributed by atoms with Gasteiger partial charge in [0.25, 0.3) is 0 Å². The molecule has 0 N–H and O–H groups in total. The quantitative estimate of drug-likeness (QED) is 0.763. The largest absolute Gasteiger partial charge is 0.381 e. The molecule has 0 spiro atoms. The van der Waals surface area contributed by atoms with Gasteiger partial charge in [0, 0.05) is 18.1 Å². The summed E-state index contributed by atoms with van der Waals surface area (Å²) in [5.41, 5.74) is 1.95. The van der Waals surface area contributed by atoms with E-state index in [9.17, 15) is 4.79 Å². The maximum atomic E-state index is 12.8. The van der Waals surface area contributed by atoms with E-state index in [-0.39, 0.29) is 11.7 Å². The second-order valence-corrected chi connectivity index (χ2v) is 5.26. The van der Waals surface area contributed by atoms with Crippen LogP contribution in [0.1, 0.15) is 28.8 Å². The van der Waals surface area contributed by atoms with Crippen LogP contribution in [-0.2, 0) is 4.74 Å². The van der Waals surface area contributed by atoms with Gasteiger partial charge in [-0.3, -0.25) is 4.79 Å². The van der Waals surface area contributed by atoms with Crippen LogP contribution in [0.5, 0.6) is 0 Å². The van der Waals surface area contributed by atoms with Crippen LogP contribution in [-0.4, -0.2) is 19.0 Å². The lowest BCUT2D eigenvalue weighted by Crippen LogP contribution is -2.26. The van der Waals surface area contributed by atoms with E-state index in [0.29, 0.717) is 6.61 Å². The number of rotatable bonds is 2. The van der Waals surface area contributed by atoms with Crippen molar-refractivity contribution in [1.29, 1.82) is 0 Å². The van der Waals surface area contributed by atoms with Crippen LogP contribution >= 0.6 is 0 Å². The van der Waals surface area contributed by atoms with Gasteiger partial charge in [-0.1, -0.05) is 36.4 Å². The lowest BCUT2D eigenvalue weighted by atomic mass is 9.87. The van der Waals surface area contributed by atoms with Crippen LogP contribution < -0.4 is 0 Å². The summed E-state index contributed by atoms with van der Waals surface area (Å²) in [4.78, 5) is 12.8. The predicted molar refractivity (Wildman–Crippen MR) is 76.6 cm³/mol. The Bertz CT molecular complexity index is 610. The van der Waals surface area contributed by atoms with E-state index in [1.807, 2.05) is 31.2 Å². The lowest BCUT2D eigenvalue weighted by Gasteiger charge is -2.22. The smallest absolute Gasteiger partial charge is 0.169 e. The highest BCUT2D eigenvalue weighted by Crippen LogP contribution is 2.27. The van der Waals surface area contributed by atoms with Crippen molar-refractivity contribution in [2.45, 2.75) is 19.8 Å². The van der Waals surface area contributed by atoms with Gasteiger partial charge in [0.1, 0.15) is 0 Å². The molecule has 2 nitrogen and oxygen atoms in total. The zero-order valence-electron chi connectivity index (χ0n) is 11.2. The SMILES string of the molecule is Cc1ccc2ccccc2c1C(=O)C1CCCOC1. The maximum absolute atomic E-state index is 12.8. The Morgan fingerprint density at radius 1 is 1.21 bits per heavy atom. The summed E-state index contributed by atoms with van der Waals surface area (Å²) in [7, 11) is 0. The first-order valence-corrected chi connectivity index (χ1v) is 6.87. The maximum Gasteiger partial charge on any atom is 0.169 e. The Morgan fingerprint density at radius 3 is 2.84 bits per heavy atom. The highest BCUT2D eigenvalue weighted by atomic mass is 16.5. The number of hydrogen-bond donors (Lipinski definition) is 0. The molecule has 1 fully saturated rings. The standard InChI is InChI=1S/C17H18O2/c1-12-8-9-13-5-2-3-7-15(13)16(12)17(18)14-6-4-10-19-11-14/h2-3,5,7-9,14H,4,6,10-11H2,1H3. The molecule has 98 valence electrons. The highest BCUT2D eigenvalue weighted by Gasteiger charge is 2.25. The molecule has 0 saturated carbocycles. The minimum atomic E-state index is 0.0262. The molecule has 2 heteroatoms. The second-order valence-electron chi connectivity index (χ2n) is 5.26. The first-order chi connectivity index (χ1) is 9.27. The molecule has 1 heterocycles. The molecule has 0 radical (unpaired) electrons. The number of carbonyl (C=O) groups is 1. The third-order valence-corrected chi connectivity index (χ3v) is 3.91. The molecule has 1 aliphatic heterocycles. The first-order valence-electron chi connectivity index (χ1n) is 6.87. The van der Waals surface area contributed by atoms with Crippen LogP contribution in [0.2, 0.25) is 0 Å². The number of hydrogen-bond acceptors (Lipinski definition) is 2. The first kappa shape index (κ1) is 12.4. The van der Waals surface area contributed by atoms with Gasteiger partial charge in [0.05, 0.1) is 6.61 Å². The number of fused-ring (bicyclic) bond motifs is 1. The molecule has 19 heavy (non-hydrogen) atoms. The average Bonchev–Trinajstić information content (AvgIpc) is 2.47. The third-order valence-electron chi connectivity index (χ3n) is 3.91. The molecule has 1 atom stereocenters. The van der Waals surface area contributed by atoms with Gasteiger partial charge in [-0.25, -0.2) is 0 Å². The second kappa shape index (κ2) is 5.14. The zero-order valence-corrected chi connectivity index (χ0v) is 11.2. The highest BCUT2D eigenvalue weighted by molar-refractivity contribution is 6.10. The minimum absolute atomic E-state index is 0.0262. The van der Waals surface area contributed by atoms with E-state index < -0.39 is 0 Å². The van der Waals surface area contributed by atoms with Crippen LogP contribution in [0.3, 0.4) is 0 Å². The molecular weight excluding hydrogens is 236 g/mol. The number of carbonyl (C=O) groups excluding carboxylic acids is 1. The number of ketones is 1. The Kier molecular flexibility index (Phi) is 3.34. The van der Waals surface area contributed by atoms with Gasteiger partial charge in [-0.2, -0.15) is 0 Å². The number of aryl methyl sites for hydroxylation is 1. The fourth-order valence-corrected chi connectivity index (χ4v) is 2.86. The van der Waals surface area contributed by atoms with Gasteiger partial charge < -0.3 is 4.74 Å². The van der Waals surface area contributed by atoms with Crippen molar-refractivity contribution in [3.05, 3.63) is 47.5 Å². The van der Waals surface area contributed by atoms with Crippen LogP contribution in [0.25, 0.3) is 10.8 Å². The number of benzene rings is 2. The van der Waals surface area contributed by atoms with Crippen molar-refractivity contribution in [3.8, 4) is 0 Å². The molecule has 0 amide bonds. The fourth-order valence-electron chi connectivity index (χ4n) is 2.86. The van der Waals surface area contributed by atoms with Gasteiger partial charge in [-0.15, -0.1) is 0 Å². The third kappa shape index (κ3) is 2.28. The Morgan fingerprint density at radius 2 is 2.05 bits per heavy atom. The normalized spacial score (nSPS) is 19.5. The predicted octanol–water partition coefficient (Wildman–Crippen LogP) is 3.76. The average molecular weight is 254 g/mol. The lowest BCUT2D eigenvalue weighted by molar-refractivity contribution is 0.0462.